The second kappa shape index (κ2) is 6.06. The Morgan fingerprint density at radius 3 is 2.78 bits per heavy atom. The molecule has 0 saturated carbocycles. The van der Waals surface area contributed by atoms with Gasteiger partial charge in [0.1, 0.15) is 9.04 Å². The lowest BCUT2D eigenvalue weighted by atomic mass is 9.95. The molecule has 4 rings (SSSR count). The molecule has 23 heavy (non-hydrogen) atoms. The molecule has 0 radical (unpaired) electrons. The van der Waals surface area contributed by atoms with Crippen LogP contribution < -0.4 is 5.73 Å². The van der Waals surface area contributed by atoms with Gasteiger partial charge in [0.25, 0.3) is 0 Å². The topological polar surface area (TPSA) is 56.0 Å². The van der Waals surface area contributed by atoms with Crippen molar-refractivity contribution in [3.8, 4) is 0 Å². The molecule has 1 unspecified atom stereocenters. The van der Waals surface area contributed by atoms with E-state index >= 15 is 0 Å². The summed E-state index contributed by atoms with van der Waals surface area (Å²) < 4.78 is 13.5. The number of aryl methyl sites for hydroxylation is 2. The molecule has 2 aromatic heterocycles. The maximum Gasteiger partial charge on any atom is 0.126 e. The molecule has 2 heterocycles. The van der Waals surface area contributed by atoms with Crippen LogP contribution >= 0.6 is 11.3 Å². The predicted octanol–water partition coefficient (Wildman–Crippen LogP) is 4.07. The third kappa shape index (κ3) is 2.79. The Bertz CT molecular complexity index is 887. The number of thiophene rings is 1. The Morgan fingerprint density at radius 1 is 1.17 bits per heavy atom. The fraction of sp³-hybridized carbons (Fsp3) is 0.278. The van der Waals surface area contributed by atoms with Crippen LogP contribution in [0.2, 0.25) is 0 Å². The van der Waals surface area contributed by atoms with Gasteiger partial charge < -0.3 is 5.73 Å². The van der Waals surface area contributed by atoms with Gasteiger partial charge in [-0.25, -0.2) is 4.98 Å². The SMILES string of the molecule is Nc1c(S(=O)Cc2ccccc2)sc2nc3c(cc12)CCCC3. The van der Waals surface area contributed by atoms with E-state index in [9.17, 15) is 4.21 Å². The zero-order valence-electron chi connectivity index (χ0n) is 12.7. The van der Waals surface area contributed by atoms with Crippen molar-refractivity contribution in [3.63, 3.8) is 0 Å². The van der Waals surface area contributed by atoms with Crippen LogP contribution in [0.15, 0.2) is 40.6 Å². The average Bonchev–Trinajstić information content (AvgIpc) is 2.90. The van der Waals surface area contributed by atoms with Crippen LogP contribution in [0.5, 0.6) is 0 Å². The van der Waals surface area contributed by atoms with Crippen molar-refractivity contribution >= 4 is 38.0 Å². The first-order valence-electron chi connectivity index (χ1n) is 7.85. The summed E-state index contributed by atoms with van der Waals surface area (Å²) in [5.41, 5.74) is 10.5. The highest BCUT2D eigenvalue weighted by molar-refractivity contribution is 7.87. The van der Waals surface area contributed by atoms with Crippen molar-refractivity contribution in [1.29, 1.82) is 0 Å². The molecule has 3 aromatic rings. The van der Waals surface area contributed by atoms with E-state index in [-0.39, 0.29) is 0 Å². The number of hydrogen-bond acceptors (Lipinski definition) is 4. The maximum atomic E-state index is 12.7. The van der Waals surface area contributed by atoms with Crippen LogP contribution in [0, 0.1) is 0 Å². The number of aromatic nitrogens is 1. The Morgan fingerprint density at radius 2 is 1.96 bits per heavy atom. The fourth-order valence-electron chi connectivity index (χ4n) is 3.10. The second-order valence-corrected chi connectivity index (χ2v) is 8.58. The van der Waals surface area contributed by atoms with Crippen LogP contribution in [0.1, 0.15) is 29.7 Å². The Kier molecular flexibility index (Phi) is 3.91. The zero-order chi connectivity index (χ0) is 15.8. The van der Waals surface area contributed by atoms with Crippen LogP contribution in [0.25, 0.3) is 10.2 Å². The zero-order valence-corrected chi connectivity index (χ0v) is 14.4. The average molecular weight is 342 g/mol. The van der Waals surface area contributed by atoms with Crippen molar-refractivity contribution in [2.45, 2.75) is 35.6 Å². The largest absolute Gasteiger partial charge is 0.397 e. The van der Waals surface area contributed by atoms with E-state index in [1.807, 2.05) is 30.3 Å². The molecule has 2 N–H and O–H groups in total. The minimum absolute atomic E-state index is 0.498. The molecule has 0 bridgehead atoms. The summed E-state index contributed by atoms with van der Waals surface area (Å²) >= 11 is 1.49. The second-order valence-electron chi connectivity index (χ2n) is 5.93. The highest BCUT2D eigenvalue weighted by Crippen LogP contribution is 2.37. The standard InChI is InChI=1S/C18H18N2OS2/c19-16-14-10-13-8-4-5-9-15(13)20-17(14)22-18(16)23(21)11-12-6-2-1-3-7-12/h1-3,6-7,10H,4-5,8-9,11,19H2. The Labute approximate surface area is 142 Å². The normalized spacial score (nSPS) is 15.5. The van der Waals surface area contributed by atoms with Crippen molar-refractivity contribution in [3.05, 3.63) is 53.2 Å². The van der Waals surface area contributed by atoms with Crippen LogP contribution in [0.3, 0.4) is 0 Å². The molecular weight excluding hydrogens is 324 g/mol. The summed E-state index contributed by atoms with van der Waals surface area (Å²) in [5, 5.41) is 0.979. The number of hydrogen-bond donors (Lipinski definition) is 1. The monoisotopic (exact) mass is 342 g/mol. The number of fused-ring (bicyclic) bond motifs is 2. The van der Waals surface area contributed by atoms with Crippen molar-refractivity contribution < 1.29 is 4.21 Å². The minimum Gasteiger partial charge on any atom is -0.397 e. The first kappa shape index (κ1) is 14.8. The molecule has 1 aromatic carbocycles. The molecular formula is C18H18N2OS2. The lowest BCUT2D eigenvalue weighted by Gasteiger charge is -2.14. The fourth-order valence-corrected chi connectivity index (χ4v) is 5.70. The van der Waals surface area contributed by atoms with Gasteiger partial charge >= 0.3 is 0 Å². The summed E-state index contributed by atoms with van der Waals surface area (Å²) in [6.45, 7) is 0. The lowest BCUT2D eigenvalue weighted by Crippen LogP contribution is -2.04. The van der Waals surface area contributed by atoms with E-state index < -0.39 is 10.8 Å². The van der Waals surface area contributed by atoms with Crippen LogP contribution in [0.4, 0.5) is 5.69 Å². The highest BCUT2D eigenvalue weighted by Gasteiger charge is 2.19. The number of benzene rings is 1. The molecule has 3 nitrogen and oxygen atoms in total. The van der Waals surface area contributed by atoms with Gasteiger partial charge in [-0.1, -0.05) is 30.3 Å². The number of nitrogens with zero attached hydrogens (tertiary/aromatic N) is 1. The van der Waals surface area contributed by atoms with Gasteiger partial charge in [-0.15, -0.1) is 11.3 Å². The third-order valence-electron chi connectivity index (χ3n) is 4.31. The summed E-state index contributed by atoms with van der Waals surface area (Å²) in [4.78, 5) is 5.72. The smallest absolute Gasteiger partial charge is 0.126 e. The van der Waals surface area contributed by atoms with E-state index in [1.165, 1.54) is 35.4 Å². The molecule has 118 valence electrons. The van der Waals surface area contributed by atoms with E-state index in [2.05, 4.69) is 6.07 Å². The Balaban J connectivity index is 1.72. The third-order valence-corrected chi connectivity index (χ3v) is 7.26. The first-order valence-corrected chi connectivity index (χ1v) is 9.99. The van der Waals surface area contributed by atoms with E-state index in [1.54, 1.807) is 0 Å². The first-order chi connectivity index (χ1) is 11.2. The van der Waals surface area contributed by atoms with Gasteiger partial charge in [0.05, 0.1) is 22.2 Å². The molecule has 0 aliphatic heterocycles. The molecule has 0 amide bonds. The summed E-state index contributed by atoms with van der Waals surface area (Å²) in [7, 11) is -1.13. The number of anilines is 1. The van der Waals surface area contributed by atoms with E-state index in [4.69, 9.17) is 10.7 Å². The summed E-state index contributed by atoms with van der Waals surface area (Å²) in [5.74, 6) is 0.498. The Hall–Kier alpha value is -1.72. The van der Waals surface area contributed by atoms with Crippen LogP contribution in [-0.2, 0) is 29.4 Å². The number of nitrogens with two attached hydrogens (primary N) is 1. The lowest BCUT2D eigenvalue weighted by molar-refractivity contribution is 0.672. The van der Waals surface area contributed by atoms with Crippen LogP contribution in [-0.4, -0.2) is 9.19 Å². The molecule has 1 aliphatic rings. The van der Waals surface area contributed by atoms with Crippen molar-refractivity contribution in [1.82, 2.24) is 4.98 Å². The molecule has 0 saturated heterocycles. The van der Waals surface area contributed by atoms with Gasteiger partial charge in [-0.3, -0.25) is 4.21 Å². The van der Waals surface area contributed by atoms with Gasteiger partial charge in [0, 0.05) is 11.1 Å². The summed E-state index contributed by atoms with van der Waals surface area (Å²) in [6.07, 6.45) is 4.55. The molecule has 1 aliphatic carbocycles. The van der Waals surface area contributed by atoms with Crippen molar-refractivity contribution in [2.24, 2.45) is 0 Å². The van der Waals surface area contributed by atoms with Crippen molar-refractivity contribution in [2.75, 3.05) is 5.73 Å². The highest BCUT2D eigenvalue weighted by atomic mass is 32.2. The number of nitrogen functional groups attached to an aromatic ring is 1. The number of rotatable bonds is 3. The van der Waals surface area contributed by atoms with Gasteiger partial charge in [-0.05, 0) is 42.9 Å². The predicted molar refractivity (Wildman–Crippen MR) is 97.2 cm³/mol. The van der Waals surface area contributed by atoms with E-state index in [0.717, 1.165) is 32.8 Å². The van der Waals surface area contributed by atoms with Gasteiger partial charge in [-0.2, -0.15) is 0 Å². The molecule has 0 fully saturated rings. The maximum absolute atomic E-state index is 12.7. The minimum atomic E-state index is -1.13. The quantitative estimate of drug-likeness (QED) is 0.781. The van der Waals surface area contributed by atoms with Gasteiger partial charge in [0.15, 0.2) is 0 Å². The van der Waals surface area contributed by atoms with Gasteiger partial charge in [0.2, 0.25) is 0 Å². The molecule has 1 atom stereocenters. The molecule has 0 spiro atoms. The van der Waals surface area contributed by atoms with E-state index in [0.29, 0.717) is 11.4 Å². The number of pyridine rings is 1. The molecule has 5 heteroatoms. The summed E-state index contributed by atoms with van der Waals surface area (Å²) in [6, 6.07) is 12.1.